The zero-order valence-electron chi connectivity index (χ0n) is 7.96. The molecule has 0 saturated heterocycles. The van der Waals surface area contributed by atoms with Crippen molar-refractivity contribution in [2.24, 2.45) is 0 Å². The molecule has 1 fully saturated rings. The minimum Gasteiger partial charge on any atom is -0.262 e. The highest BCUT2D eigenvalue weighted by molar-refractivity contribution is 5.87. The molecule has 1 aromatic carbocycles. The van der Waals surface area contributed by atoms with Gasteiger partial charge in [0.1, 0.15) is 0 Å². The Bertz CT molecular complexity index is 543. The third kappa shape index (κ3) is 1.20. The van der Waals surface area contributed by atoms with Gasteiger partial charge in [0, 0.05) is 6.07 Å². The number of hydrogen-bond donors (Lipinski definition) is 0. The molecule has 1 heterocycles. The molecule has 0 unspecified atom stereocenters. The van der Waals surface area contributed by atoms with Crippen LogP contribution >= 0.6 is 0 Å². The first-order valence-electron chi connectivity index (χ1n) is 4.88. The van der Waals surface area contributed by atoms with E-state index in [1.54, 1.807) is 12.3 Å². The Kier molecular flexibility index (Phi) is 1.56. The lowest BCUT2D eigenvalue weighted by Crippen LogP contribution is -1.95. The fourth-order valence-corrected chi connectivity index (χ4v) is 1.82. The van der Waals surface area contributed by atoms with Crippen molar-refractivity contribution in [2.75, 3.05) is 0 Å². The summed E-state index contributed by atoms with van der Waals surface area (Å²) < 4.78 is 1.89. The Labute approximate surface area is 85.5 Å². The molecule has 1 aliphatic rings. The summed E-state index contributed by atoms with van der Waals surface area (Å²) in [6.07, 6.45) is 3.84. The van der Waals surface area contributed by atoms with Gasteiger partial charge >= 0.3 is 0 Å². The van der Waals surface area contributed by atoms with Gasteiger partial charge in [-0.05, 0) is 18.9 Å². The van der Waals surface area contributed by atoms with Gasteiger partial charge in [0.25, 0.3) is 5.69 Å². The van der Waals surface area contributed by atoms with Gasteiger partial charge in [0.15, 0.2) is 0 Å². The molecule has 1 aliphatic carbocycles. The summed E-state index contributed by atoms with van der Waals surface area (Å²) >= 11 is 0. The van der Waals surface area contributed by atoms with Crippen LogP contribution in [0.15, 0.2) is 24.4 Å². The molecule has 0 amide bonds. The SMILES string of the molecule is O=[N+]([O-])c1cccc2c1cnn2C1CC1. The van der Waals surface area contributed by atoms with Crippen LogP contribution in [0.1, 0.15) is 18.9 Å². The molecule has 0 aliphatic heterocycles. The third-order valence-corrected chi connectivity index (χ3v) is 2.71. The number of nitrogens with zero attached hydrogens (tertiary/aromatic N) is 3. The fraction of sp³-hybridized carbons (Fsp3) is 0.300. The lowest BCUT2D eigenvalue weighted by atomic mass is 10.2. The van der Waals surface area contributed by atoms with Gasteiger partial charge in [-0.25, -0.2) is 0 Å². The van der Waals surface area contributed by atoms with E-state index in [0.29, 0.717) is 11.4 Å². The van der Waals surface area contributed by atoms with E-state index in [0.717, 1.165) is 18.4 Å². The Balaban J connectivity index is 2.27. The van der Waals surface area contributed by atoms with Crippen molar-refractivity contribution in [3.05, 3.63) is 34.5 Å². The van der Waals surface area contributed by atoms with Gasteiger partial charge in [-0.2, -0.15) is 5.10 Å². The number of nitro benzene ring substituents is 1. The Morgan fingerprint density at radius 1 is 1.47 bits per heavy atom. The molecule has 2 aromatic rings. The number of rotatable bonds is 2. The lowest BCUT2D eigenvalue weighted by Gasteiger charge is -1.99. The molecule has 0 radical (unpaired) electrons. The van der Waals surface area contributed by atoms with Crippen molar-refractivity contribution in [3.63, 3.8) is 0 Å². The van der Waals surface area contributed by atoms with Crippen molar-refractivity contribution in [2.45, 2.75) is 18.9 Å². The standard InChI is InChI=1S/C10H9N3O2/c14-13(15)10-3-1-2-9-8(10)6-11-12(9)7-4-5-7/h1-3,6-7H,4-5H2. The van der Waals surface area contributed by atoms with Crippen LogP contribution in [-0.4, -0.2) is 14.7 Å². The van der Waals surface area contributed by atoms with Crippen LogP contribution in [0.2, 0.25) is 0 Å². The molecule has 5 nitrogen and oxygen atoms in total. The van der Waals surface area contributed by atoms with Crippen LogP contribution in [0.5, 0.6) is 0 Å². The van der Waals surface area contributed by atoms with E-state index < -0.39 is 0 Å². The first-order chi connectivity index (χ1) is 7.27. The van der Waals surface area contributed by atoms with E-state index in [-0.39, 0.29) is 10.6 Å². The Hall–Kier alpha value is -1.91. The van der Waals surface area contributed by atoms with Gasteiger partial charge in [-0.3, -0.25) is 14.8 Å². The summed E-state index contributed by atoms with van der Waals surface area (Å²) in [5, 5.41) is 15.6. The van der Waals surface area contributed by atoms with E-state index in [9.17, 15) is 10.1 Å². The summed E-state index contributed by atoms with van der Waals surface area (Å²) in [6, 6.07) is 5.56. The van der Waals surface area contributed by atoms with Crippen molar-refractivity contribution >= 4 is 16.6 Å². The molecular formula is C10H9N3O2. The topological polar surface area (TPSA) is 61.0 Å². The molecule has 76 valence electrons. The summed E-state index contributed by atoms with van der Waals surface area (Å²) in [5.74, 6) is 0. The van der Waals surface area contributed by atoms with Crippen LogP contribution < -0.4 is 0 Å². The monoisotopic (exact) mass is 203 g/mol. The lowest BCUT2D eigenvalue weighted by molar-refractivity contribution is -0.383. The number of fused-ring (bicyclic) bond motifs is 1. The number of benzene rings is 1. The third-order valence-electron chi connectivity index (χ3n) is 2.71. The molecule has 1 saturated carbocycles. The van der Waals surface area contributed by atoms with Crippen LogP contribution in [0.3, 0.4) is 0 Å². The number of nitro groups is 1. The zero-order chi connectivity index (χ0) is 10.4. The second kappa shape index (κ2) is 2.79. The molecule has 0 bridgehead atoms. The quantitative estimate of drug-likeness (QED) is 0.555. The predicted molar refractivity (Wildman–Crippen MR) is 54.7 cm³/mol. The van der Waals surface area contributed by atoms with Gasteiger partial charge in [0.05, 0.1) is 28.1 Å². The average molecular weight is 203 g/mol. The van der Waals surface area contributed by atoms with Gasteiger partial charge in [0.2, 0.25) is 0 Å². The van der Waals surface area contributed by atoms with Crippen LogP contribution in [0.25, 0.3) is 10.9 Å². The number of non-ortho nitro benzene ring substituents is 1. The van der Waals surface area contributed by atoms with Crippen LogP contribution in [0, 0.1) is 10.1 Å². The first-order valence-corrected chi connectivity index (χ1v) is 4.88. The van der Waals surface area contributed by atoms with Gasteiger partial charge < -0.3 is 0 Å². The molecule has 1 aromatic heterocycles. The van der Waals surface area contributed by atoms with Gasteiger partial charge in [-0.15, -0.1) is 0 Å². The highest BCUT2D eigenvalue weighted by atomic mass is 16.6. The second-order valence-electron chi connectivity index (χ2n) is 3.79. The van der Waals surface area contributed by atoms with Gasteiger partial charge in [-0.1, -0.05) is 6.07 Å². The normalized spacial score (nSPS) is 15.7. The van der Waals surface area contributed by atoms with Crippen molar-refractivity contribution in [3.8, 4) is 0 Å². The predicted octanol–water partition coefficient (Wildman–Crippen LogP) is 2.28. The number of hydrogen-bond acceptors (Lipinski definition) is 3. The Morgan fingerprint density at radius 2 is 2.27 bits per heavy atom. The van der Waals surface area contributed by atoms with Crippen LogP contribution in [0.4, 0.5) is 5.69 Å². The van der Waals surface area contributed by atoms with Crippen molar-refractivity contribution in [1.82, 2.24) is 9.78 Å². The van der Waals surface area contributed by atoms with E-state index in [1.165, 1.54) is 6.07 Å². The summed E-state index contributed by atoms with van der Waals surface area (Å²) in [4.78, 5) is 10.4. The van der Waals surface area contributed by atoms with E-state index in [2.05, 4.69) is 5.10 Å². The van der Waals surface area contributed by atoms with E-state index >= 15 is 0 Å². The summed E-state index contributed by atoms with van der Waals surface area (Å²) in [6.45, 7) is 0. The average Bonchev–Trinajstić information content (AvgIpc) is 2.97. The molecule has 3 rings (SSSR count). The highest BCUT2D eigenvalue weighted by Crippen LogP contribution is 2.37. The maximum absolute atomic E-state index is 10.8. The fourth-order valence-electron chi connectivity index (χ4n) is 1.82. The van der Waals surface area contributed by atoms with Crippen LogP contribution in [-0.2, 0) is 0 Å². The smallest absolute Gasteiger partial charge is 0.262 e. The zero-order valence-corrected chi connectivity index (χ0v) is 7.96. The second-order valence-corrected chi connectivity index (χ2v) is 3.79. The highest BCUT2D eigenvalue weighted by Gasteiger charge is 2.27. The molecule has 0 N–H and O–H groups in total. The molecule has 0 spiro atoms. The number of aromatic nitrogens is 2. The van der Waals surface area contributed by atoms with E-state index in [4.69, 9.17) is 0 Å². The van der Waals surface area contributed by atoms with Crippen molar-refractivity contribution < 1.29 is 4.92 Å². The molecule has 15 heavy (non-hydrogen) atoms. The summed E-state index contributed by atoms with van der Waals surface area (Å²) in [7, 11) is 0. The minimum absolute atomic E-state index is 0.138. The maximum Gasteiger partial charge on any atom is 0.280 e. The molecular weight excluding hydrogens is 194 g/mol. The first kappa shape index (κ1) is 8.40. The maximum atomic E-state index is 10.8. The Morgan fingerprint density at radius 3 is 2.93 bits per heavy atom. The van der Waals surface area contributed by atoms with E-state index in [1.807, 2.05) is 10.7 Å². The minimum atomic E-state index is -0.360. The largest absolute Gasteiger partial charge is 0.280 e. The molecule has 5 heteroatoms. The molecule has 0 atom stereocenters. The summed E-state index contributed by atoms with van der Waals surface area (Å²) in [5.41, 5.74) is 1.01. The van der Waals surface area contributed by atoms with Crippen molar-refractivity contribution in [1.29, 1.82) is 0 Å².